The number of esters is 2. The van der Waals surface area contributed by atoms with Crippen LogP contribution in [-0.4, -0.2) is 47.0 Å². The number of amides is 1. The number of hydrogen-bond acceptors (Lipinski definition) is 10. The smallest absolute Gasteiger partial charge is 0.348 e. The van der Waals surface area contributed by atoms with E-state index in [1.807, 2.05) is 6.92 Å². The molecule has 0 saturated carbocycles. The molecule has 0 unspecified atom stereocenters. The Morgan fingerprint density at radius 2 is 1.79 bits per heavy atom. The molecule has 2 rings (SSSR count). The minimum absolute atomic E-state index is 0.000694. The molecule has 152 valence electrons. The number of carbonyl (C=O) groups is 3. The van der Waals surface area contributed by atoms with Gasteiger partial charge in [-0.3, -0.25) is 4.79 Å². The molecule has 0 aromatic carbocycles. The van der Waals surface area contributed by atoms with Crippen molar-refractivity contribution in [2.24, 2.45) is 0 Å². The Balaban J connectivity index is 2.17. The van der Waals surface area contributed by atoms with Crippen molar-refractivity contribution in [2.45, 2.75) is 39.3 Å². The maximum Gasteiger partial charge on any atom is 0.348 e. The van der Waals surface area contributed by atoms with E-state index in [1.165, 1.54) is 0 Å². The summed E-state index contributed by atoms with van der Waals surface area (Å²) in [6.07, 6.45) is 0.605. The van der Waals surface area contributed by atoms with Gasteiger partial charge in [0.2, 0.25) is 11.8 Å². The first-order valence-electron chi connectivity index (χ1n) is 8.63. The highest BCUT2D eigenvalue weighted by atomic mass is 32.2. The Labute approximate surface area is 170 Å². The highest BCUT2D eigenvalue weighted by molar-refractivity contribution is 7.99. The molecule has 11 heteroatoms. The van der Waals surface area contributed by atoms with Gasteiger partial charge in [-0.05, 0) is 26.3 Å². The van der Waals surface area contributed by atoms with E-state index in [1.54, 1.807) is 20.8 Å². The number of ether oxygens (including phenoxy) is 2. The summed E-state index contributed by atoms with van der Waals surface area (Å²) in [7, 11) is 0. The summed E-state index contributed by atoms with van der Waals surface area (Å²) in [6.45, 7) is 7.23. The van der Waals surface area contributed by atoms with E-state index >= 15 is 0 Å². The highest BCUT2D eigenvalue weighted by Gasteiger charge is 2.27. The Morgan fingerprint density at radius 1 is 1.11 bits per heavy atom. The molecule has 28 heavy (non-hydrogen) atoms. The normalized spacial score (nSPS) is 10.6. The van der Waals surface area contributed by atoms with E-state index in [4.69, 9.17) is 13.9 Å². The number of thiophene rings is 1. The first-order chi connectivity index (χ1) is 13.4. The van der Waals surface area contributed by atoms with Crippen molar-refractivity contribution in [3.8, 4) is 0 Å². The minimum atomic E-state index is -0.612. The monoisotopic (exact) mass is 427 g/mol. The zero-order valence-corrected chi connectivity index (χ0v) is 17.6. The third kappa shape index (κ3) is 5.32. The molecule has 1 N–H and O–H groups in total. The minimum Gasteiger partial charge on any atom is -0.462 e. The number of rotatable bonds is 9. The van der Waals surface area contributed by atoms with Gasteiger partial charge in [-0.25, -0.2) is 9.59 Å². The van der Waals surface area contributed by atoms with Gasteiger partial charge in [0.25, 0.3) is 5.22 Å². The van der Waals surface area contributed by atoms with Crippen LogP contribution in [0.4, 0.5) is 5.00 Å². The predicted molar refractivity (Wildman–Crippen MR) is 104 cm³/mol. The average molecular weight is 428 g/mol. The van der Waals surface area contributed by atoms with E-state index in [-0.39, 0.29) is 45.5 Å². The van der Waals surface area contributed by atoms with Gasteiger partial charge in [-0.2, -0.15) is 0 Å². The Morgan fingerprint density at radius 3 is 2.39 bits per heavy atom. The summed E-state index contributed by atoms with van der Waals surface area (Å²) >= 11 is 2.06. The van der Waals surface area contributed by atoms with Gasteiger partial charge in [-0.1, -0.05) is 18.7 Å². The highest BCUT2D eigenvalue weighted by Crippen LogP contribution is 2.34. The summed E-state index contributed by atoms with van der Waals surface area (Å²) < 4.78 is 15.4. The van der Waals surface area contributed by atoms with Crippen molar-refractivity contribution >= 4 is 45.9 Å². The van der Waals surface area contributed by atoms with Crippen LogP contribution in [-0.2, 0) is 20.7 Å². The maximum atomic E-state index is 12.3. The Bertz CT molecular complexity index is 861. The van der Waals surface area contributed by atoms with Crippen LogP contribution >= 0.6 is 23.1 Å². The number of aryl methyl sites for hydroxylation is 1. The van der Waals surface area contributed by atoms with E-state index in [9.17, 15) is 14.4 Å². The summed E-state index contributed by atoms with van der Waals surface area (Å²) in [5.74, 6) is -1.06. The number of nitrogens with zero attached hydrogens (tertiary/aromatic N) is 2. The Kier molecular flexibility index (Phi) is 8.00. The molecular formula is C17H21N3O6S2. The first-order valence-corrected chi connectivity index (χ1v) is 10.4. The van der Waals surface area contributed by atoms with Crippen LogP contribution in [0, 0.1) is 6.92 Å². The lowest BCUT2D eigenvalue weighted by Gasteiger charge is -2.06. The van der Waals surface area contributed by atoms with Crippen molar-refractivity contribution in [3.63, 3.8) is 0 Å². The van der Waals surface area contributed by atoms with E-state index in [0.717, 1.165) is 23.1 Å². The van der Waals surface area contributed by atoms with Gasteiger partial charge in [-0.15, -0.1) is 21.5 Å². The Hall–Kier alpha value is -2.40. The molecule has 0 radical (unpaired) electrons. The quantitative estimate of drug-likeness (QED) is 0.475. The van der Waals surface area contributed by atoms with E-state index in [0.29, 0.717) is 17.9 Å². The average Bonchev–Trinajstić information content (AvgIpc) is 3.24. The fourth-order valence-corrected chi connectivity index (χ4v) is 3.86. The van der Waals surface area contributed by atoms with Gasteiger partial charge in [0, 0.05) is 6.42 Å². The number of anilines is 1. The standard InChI is InChI=1S/C17H21N3O6S2/c1-5-11-19-20-17(26-11)27-8-10(21)18-14-12(15(22)24-6-2)9(4)13(28-14)16(23)25-7-3/h5-8H2,1-4H3,(H,18,21). The zero-order chi connectivity index (χ0) is 20.7. The van der Waals surface area contributed by atoms with Crippen LogP contribution in [0.1, 0.15) is 52.3 Å². The van der Waals surface area contributed by atoms with Gasteiger partial charge in [0.15, 0.2) is 0 Å². The molecule has 2 aromatic rings. The third-order valence-corrected chi connectivity index (χ3v) is 5.42. The second-order valence-electron chi connectivity index (χ2n) is 5.35. The molecule has 0 bridgehead atoms. The molecule has 0 saturated heterocycles. The molecule has 0 fully saturated rings. The van der Waals surface area contributed by atoms with E-state index < -0.39 is 11.9 Å². The van der Waals surface area contributed by atoms with Crippen LogP contribution in [0.3, 0.4) is 0 Å². The number of hydrogen-bond donors (Lipinski definition) is 1. The third-order valence-electron chi connectivity index (χ3n) is 3.42. The molecule has 9 nitrogen and oxygen atoms in total. The van der Waals surface area contributed by atoms with Gasteiger partial charge < -0.3 is 19.2 Å². The summed E-state index contributed by atoms with van der Waals surface area (Å²) in [4.78, 5) is 37.0. The maximum absolute atomic E-state index is 12.3. The topological polar surface area (TPSA) is 121 Å². The second-order valence-corrected chi connectivity index (χ2v) is 7.30. The van der Waals surface area contributed by atoms with Gasteiger partial charge >= 0.3 is 11.9 Å². The summed E-state index contributed by atoms with van der Waals surface area (Å²) in [5.41, 5.74) is 0.564. The van der Waals surface area contributed by atoms with Crippen molar-refractivity contribution < 1.29 is 28.3 Å². The molecule has 0 atom stereocenters. The molecule has 0 aliphatic heterocycles. The SMILES string of the molecule is CCOC(=O)c1sc(NC(=O)CSc2nnc(CC)o2)c(C(=O)OCC)c1C. The van der Waals surface area contributed by atoms with Crippen molar-refractivity contribution in [1.82, 2.24) is 10.2 Å². The van der Waals surface area contributed by atoms with Crippen molar-refractivity contribution in [2.75, 3.05) is 24.3 Å². The molecular weight excluding hydrogens is 406 g/mol. The molecule has 2 aromatic heterocycles. The largest absolute Gasteiger partial charge is 0.462 e. The van der Waals surface area contributed by atoms with Crippen LogP contribution < -0.4 is 5.32 Å². The lowest BCUT2D eigenvalue weighted by atomic mass is 10.1. The van der Waals surface area contributed by atoms with Crippen molar-refractivity contribution in [1.29, 1.82) is 0 Å². The number of thioether (sulfide) groups is 1. The van der Waals surface area contributed by atoms with Gasteiger partial charge in [0.1, 0.15) is 9.88 Å². The molecule has 2 heterocycles. The molecule has 1 amide bonds. The summed E-state index contributed by atoms with van der Waals surface area (Å²) in [5, 5.41) is 10.8. The van der Waals surface area contributed by atoms with Crippen LogP contribution in [0.25, 0.3) is 0 Å². The fourth-order valence-electron chi connectivity index (χ4n) is 2.17. The van der Waals surface area contributed by atoms with Gasteiger partial charge in [0.05, 0.1) is 24.5 Å². The lowest BCUT2D eigenvalue weighted by Crippen LogP contribution is -2.16. The van der Waals surface area contributed by atoms with Crippen LogP contribution in [0.5, 0.6) is 0 Å². The molecule has 0 spiro atoms. The number of carbonyl (C=O) groups excluding carboxylic acids is 3. The van der Waals surface area contributed by atoms with Crippen LogP contribution in [0.2, 0.25) is 0 Å². The fraction of sp³-hybridized carbons (Fsp3) is 0.471. The molecule has 0 aliphatic carbocycles. The predicted octanol–water partition coefficient (Wildman–Crippen LogP) is 3.09. The van der Waals surface area contributed by atoms with Crippen LogP contribution in [0.15, 0.2) is 9.64 Å². The lowest BCUT2D eigenvalue weighted by molar-refractivity contribution is -0.113. The second kappa shape index (κ2) is 10.2. The van der Waals surface area contributed by atoms with E-state index in [2.05, 4.69) is 15.5 Å². The number of nitrogens with one attached hydrogen (secondary N) is 1. The molecule has 0 aliphatic rings. The zero-order valence-electron chi connectivity index (χ0n) is 16.0. The number of aromatic nitrogens is 2. The first kappa shape index (κ1) is 21.9. The summed E-state index contributed by atoms with van der Waals surface area (Å²) in [6, 6.07) is 0. The van der Waals surface area contributed by atoms with Crippen molar-refractivity contribution in [3.05, 3.63) is 21.9 Å².